The van der Waals surface area contributed by atoms with Crippen molar-refractivity contribution in [2.24, 2.45) is 4.99 Å². The molecule has 1 aliphatic rings. The Morgan fingerprint density at radius 2 is 1.66 bits per heavy atom. The van der Waals surface area contributed by atoms with E-state index in [0.717, 1.165) is 46.5 Å². The van der Waals surface area contributed by atoms with Crippen LogP contribution in [-0.4, -0.2) is 55.8 Å². The van der Waals surface area contributed by atoms with Crippen LogP contribution >= 0.6 is 23.4 Å². The van der Waals surface area contributed by atoms with E-state index >= 15 is 0 Å². The lowest BCUT2D eigenvalue weighted by Gasteiger charge is -2.22. The maximum atomic E-state index is 13.0. The molecule has 0 aliphatic carbocycles. The summed E-state index contributed by atoms with van der Waals surface area (Å²) in [5.74, 6) is -1.41. The minimum absolute atomic E-state index is 0.0519. The second kappa shape index (κ2) is 13.8. The Kier molecular flexibility index (Phi) is 9.97. The number of carbonyl (C=O) groups is 1. The predicted molar refractivity (Wildman–Crippen MR) is 160 cm³/mol. The van der Waals surface area contributed by atoms with Gasteiger partial charge >= 0.3 is 12.7 Å². The molecule has 3 N–H and O–H groups in total. The number of carbonyl (C=O) groups excluding carboxylic acids is 1. The quantitative estimate of drug-likeness (QED) is 0.104. The van der Waals surface area contributed by atoms with Crippen LogP contribution in [0.1, 0.15) is 18.5 Å². The molecule has 11 nitrogen and oxygen atoms in total. The minimum Gasteiger partial charge on any atom is -0.406 e. The lowest BCUT2D eigenvalue weighted by atomic mass is 10.1. The van der Waals surface area contributed by atoms with Crippen molar-refractivity contribution in [3.63, 3.8) is 0 Å². The average Bonchev–Trinajstić information content (AvgIpc) is 3.63. The van der Waals surface area contributed by atoms with Crippen LogP contribution in [0.3, 0.4) is 0 Å². The van der Waals surface area contributed by atoms with Crippen molar-refractivity contribution in [1.82, 2.24) is 25.6 Å². The number of benzene rings is 3. The van der Waals surface area contributed by atoms with Crippen LogP contribution < -0.4 is 25.2 Å². The number of hydrogen-bond acceptors (Lipinski definition) is 10. The van der Waals surface area contributed by atoms with Gasteiger partial charge in [-0.25, -0.2) is 25.5 Å². The third kappa shape index (κ3) is 8.92. The molecule has 19 heteroatoms. The number of hydrogen-bond donors (Lipinski definition) is 3. The van der Waals surface area contributed by atoms with Gasteiger partial charge in [0.2, 0.25) is 12.3 Å². The van der Waals surface area contributed by atoms with Gasteiger partial charge in [0, 0.05) is 16.6 Å². The Balaban J connectivity index is 1.21. The summed E-state index contributed by atoms with van der Waals surface area (Å²) < 4.78 is 85.4. The van der Waals surface area contributed by atoms with E-state index < -0.39 is 36.8 Å². The Bertz CT molecular complexity index is 1750. The molecule has 0 radical (unpaired) electrons. The Hall–Kier alpha value is -4.36. The predicted octanol–water partition coefficient (Wildman–Crippen LogP) is 5.95. The maximum absolute atomic E-state index is 13.0. The number of amides is 1. The number of thioether (sulfide) groups is 1. The number of anilines is 1. The number of ether oxygens (including phenoxy) is 2. The van der Waals surface area contributed by atoms with Crippen molar-refractivity contribution >= 4 is 40.1 Å². The number of hydrazine groups is 1. The number of amidine groups is 1. The number of halogens is 7. The Labute approximate surface area is 271 Å². The normalized spacial score (nSPS) is 16.1. The van der Waals surface area contributed by atoms with Crippen LogP contribution in [0.4, 0.5) is 32.0 Å². The first-order valence-corrected chi connectivity index (χ1v) is 14.7. The third-order valence-corrected chi connectivity index (χ3v) is 7.48. The van der Waals surface area contributed by atoms with Gasteiger partial charge in [-0.1, -0.05) is 47.6 Å². The molecular weight excluding hydrogens is 680 g/mol. The molecule has 4 aromatic rings. The van der Waals surface area contributed by atoms with Gasteiger partial charge in [-0.05, 0) is 55.0 Å². The zero-order chi connectivity index (χ0) is 33.9. The molecule has 3 aromatic carbocycles. The lowest BCUT2D eigenvalue weighted by Crippen LogP contribution is -2.42. The number of nitrogens with one attached hydrogen (secondary N) is 2. The second-order valence-corrected chi connectivity index (χ2v) is 11.0. The van der Waals surface area contributed by atoms with Gasteiger partial charge in [-0.15, -0.1) is 31.4 Å². The van der Waals surface area contributed by atoms with Gasteiger partial charge in [0.05, 0.1) is 17.1 Å². The van der Waals surface area contributed by atoms with Gasteiger partial charge in [-0.2, -0.15) is 0 Å². The van der Waals surface area contributed by atoms with Crippen molar-refractivity contribution < 1.29 is 45.7 Å². The zero-order valence-corrected chi connectivity index (χ0v) is 25.3. The number of aliphatic hydroxyl groups is 1. The molecule has 47 heavy (non-hydrogen) atoms. The molecule has 2 unspecified atom stereocenters. The largest absolute Gasteiger partial charge is 0.573 e. The zero-order valence-electron chi connectivity index (χ0n) is 23.8. The van der Waals surface area contributed by atoms with Gasteiger partial charge in [0.25, 0.3) is 0 Å². The van der Waals surface area contributed by atoms with Crippen molar-refractivity contribution in [2.45, 2.75) is 32.0 Å². The topological polar surface area (TPSA) is 126 Å². The summed E-state index contributed by atoms with van der Waals surface area (Å²) in [5, 5.41) is 14.8. The molecule has 2 heterocycles. The molecule has 1 aliphatic heterocycles. The van der Waals surface area contributed by atoms with E-state index in [1.54, 1.807) is 31.2 Å². The molecule has 1 amide bonds. The highest BCUT2D eigenvalue weighted by molar-refractivity contribution is 8.15. The van der Waals surface area contributed by atoms with Crippen molar-refractivity contribution in [1.29, 1.82) is 0 Å². The molecule has 1 saturated heterocycles. The highest BCUT2D eigenvalue weighted by Gasteiger charge is 2.37. The van der Waals surface area contributed by atoms with E-state index in [-0.39, 0.29) is 27.4 Å². The molecule has 2 atom stereocenters. The smallest absolute Gasteiger partial charge is 0.406 e. The molecule has 1 aromatic heterocycles. The average molecular weight is 702 g/mol. The van der Waals surface area contributed by atoms with Gasteiger partial charge in [0.1, 0.15) is 12.1 Å². The van der Waals surface area contributed by atoms with E-state index in [0.29, 0.717) is 17.1 Å². The number of aliphatic imine (C=N–C) groups is 1. The van der Waals surface area contributed by atoms with E-state index in [4.69, 9.17) is 11.6 Å². The number of aliphatic hydroxyl groups excluding tert-OH is 1. The summed E-state index contributed by atoms with van der Waals surface area (Å²) in [4.78, 5) is 21.8. The van der Waals surface area contributed by atoms with E-state index in [9.17, 15) is 36.2 Å². The van der Waals surface area contributed by atoms with E-state index in [1.165, 1.54) is 29.2 Å². The number of aromatic nitrogens is 3. The molecule has 0 saturated carbocycles. The highest BCUT2D eigenvalue weighted by Crippen LogP contribution is 2.39. The number of rotatable bonds is 10. The molecule has 0 spiro atoms. The van der Waals surface area contributed by atoms with Crippen LogP contribution in [0.15, 0.2) is 78.0 Å². The van der Waals surface area contributed by atoms with Crippen LogP contribution in [0.25, 0.3) is 17.1 Å². The van der Waals surface area contributed by atoms with Crippen molar-refractivity contribution in [3.05, 3.63) is 83.6 Å². The SMILES string of the molecule is CC(NNC(O)/N=C1\SCC(=O)N1c1cc(Cl)ccc1OC(F)(F)F)c1ccc(-c2ncn(-c3ccc(OC(F)(F)F)cc3)n2)cc1. The summed E-state index contributed by atoms with van der Waals surface area (Å²) in [6, 6.07) is 15.0. The first-order chi connectivity index (χ1) is 22.1. The Morgan fingerprint density at radius 3 is 2.32 bits per heavy atom. The summed E-state index contributed by atoms with van der Waals surface area (Å²) in [6.45, 7) is 1.77. The van der Waals surface area contributed by atoms with Crippen LogP contribution in [0, 0.1) is 0 Å². The van der Waals surface area contributed by atoms with E-state index in [1.807, 2.05) is 0 Å². The van der Waals surface area contributed by atoms with Crippen molar-refractivity contribution in [3.8, 4) is 28.6 Å². The fourth-order valence-corrected chi connectivity index (χ4v) is 5.28. The fourth-order valence-electron chi connectivity index (χ4n) is 4.23. The molecule has 5 rings (SSSR count). The lowest BCUT2D eigenvalue weighted by molar-refractivity contribution is -0.275. The van der Waals surface area contributed by atoms with Gasteiger partial charge < -0.3 is 14.6 Å². The van der Waals surface area contributed by atoms with Gasteiger partial charge in [0.15, 0.2) is 16.7 Å². The molecular formula is C28H22ClF6N7O4S. The summed E-state index contributed by atoms with van der Waals surface area (Å²) in [6.07, 6.45) is -10.0. The summed E-state index contributed by atoms with van der Waals surface area (Å²) >= 11 is 6.87. The number of alkyl halides is 6. The standard InChI is InChI=1S/C28H22ClF6N7O4S/c1-15(16-2-4-17(5-3-16)24-36-14-41(40-24)19-7-9-20(10-8-19)45-27(30,31)32)38-39-25(44)37-26-42(23(43)13-47-26)21-12-18(29)6-11-22(21)46-28(33,34)35/h2-12,14-15,25,38-39,44H,13H2,1H3/b37-26-. The monoisotopic (exact) mass is 701 g/mol. The number of nitrogens with zero attached hydrogens (tertiary/aromatic N) is 5. The first kappa shape index (κ1) is 34.0. The maximum Gasteiger partial charge on any atom is 0.573 e. The van der Waals surface area contributed by atoms with Crippen molar-refractivity contribution in [2.75, 3.05) is 10.7 Å². The molecule has 0 bridgehead atoms. The molecule has 1 fully saturated rings. The summed E-state index contributed by atoms with van der Waals surface area (Å²) in [7, 11) is 0. The van der Waals surface area contributed by atoms with Crippen LogP contribution in [0.5, 0.6) is 11.5 Å². The van der Waals surface area contributed by atoms with Gasteiger partial charge in [-0.3, -0.25) is 9.69 Å². The third-order valence-electron chi connectivity index (χ3n) is 6.31. The summed E-state index contributed by atoms with van der Waals surface area (Å²) in [5.41, 5.74) is 7.03. The minimum atomic E-state index is -5.03. The Morgan fingerprint density at radius 1 is 0.979 bits per heavy atom. The molecule has 248 valence electrons. The highest BCUT2D eigenvalue weighted by atomic mass is 35.5. The van der Waals surface area contributed by atoms with Crippen LogP contribution in [-0.2, 0) is 4.79 Å². The van der Waals surface area contributed by atoms with E-state index in [2.05, 4.69) is 35.4 Å². The first-order valence-electron chi connectivity index (χ1n) is 13.3. The van der Waals surface area contributed by atoms with Crippen LogP contribution in [0.2, 0.25) is 5.02 Å². The fraction of sp³-hybridized carbons (Fsp3) is 0.214. The second-order valence-electron chi connectivity index (χ2n) is 9.65.